The summed E-state index contributed by atoms with van der Waals surface area (Å²) in [6, 6.07) is 15.8. The lowest BCUT2D eigenvalue weighted by molar-refractivity contribution is 0.0487. The highest BCUT2D eigenvalue weighted by Gasteiger charge is 2.25. The highest BCUT2D eigenvalue weighted by Crippen LogP contribution is 2.41. The minimum atomic E-state index is -0.335. The van der Waals surface area contributed by atoms with Crippen LogP contribution in [0.4, 0.5) is 5.69 Å². The fourth-order valence-corrected chi connectivity index (χ4v) is 1.85. The maximum Gasteiger partial charge on any atom is 0.267 e. The molecule has 0 spiro atoms. The Bertz CT molecular complexity index is 525. The standard InChI is InChI=1S/C14H13NO2/c1-15-11-7-8-12-13(9-11)17-14(16-12)10-5-3-2-4-6-10/h2-9,14-15H,1H3. The molecule has 1 N–H and O–H groups in total. The van der Waals surface area contributed by atoms with Gasteiger partial charge in [-0.2, -0.15) is 0 Å². The van der Waals surface area contributed by atoms with Crippen LogP contribution in [0, 0.1) is 0 Å². The first-order chi connectivity index (χ1) is 8.36. The molecule has 2 aromatic carbocycles. The average molecular weight is 227 g/mol. The fourth-order valence-electron chi connectivity index (χ4n) is 1.85. The summed E-state index contributed by atoms with van der Waals surface area (Å²) in [5.74, 6) is 1.57. The normalized spacial score (nSPS) is 16.9. The number of nitrogens with one attached hydrogen (secondary N) is 1. The van der Waals surface area contributed by atoms with E-state index in [1.165, 1.54) is 0 Å². The predicted molar refractivity (Wildman–Crippen MR) is 66.4 cm³/mol. The van der Waals surface area contributed by atoms with Crippen molar-refractivity contribution in [3.63, 3.8) is 0 Å². The second kappa shape index (κ2) is 4.01. The summed E-state index contributed by atoms with van der Waals surface area (Å²) in [6.07, 6.45) is -0.335. The van der Waals surface area contributed by atoms with E-state index in [1.807, 2.05) is 55.6 Å². The van der Waals surface area contributed by atoms with Crippen LogP contribution in [0.2, 0.25) is 0 Å². The summed E-state index contributed by atoms with van der Waals surface area (Å²) in [7, 11) is 1.88. The molecule has 2 aromatic rings. The van der Waals surface area contributed by atoms with Crippen molar-refractivity contribution < 1.29 is 9.47 Å². The number of anilines is 1. The lowest BCUT2D eigenvalue weighted by Gasteiger charge is -2.09. The first-order valence-corrected chi connectivity index (χ1v) is 5.57. The summed E-state index contributed by atoms with van der Waals surface area (Å²) in [5, 5.41) is 3.08. The zero-order valence-electron chi connectivity index (χ0n) is 9.51. The van der Waals surface area contributed by atoms with Gasteiger partial charge in [0.25, 0.3) is 6.29 Å². The molecule has 0 amide bonds. The number of benzene rings is 2. The fraction of sp³-hybridized carbons (Fsp3) is 0.143. The lowest BCUT2D eigenvalue weighted by Crippen LogP contribution is -2.07. The second-order valence-electron chi connectivity index (χ2n) is 3.89. The summed E-state index contributed by atoms with van der Waals surface area (Å²) in [6.45, 7) is 0. The zero-order chi connectivity index (χ0) is 11.7. The topological polar surface area (TPSA) is 30.5 Å². The van der Waals surface area contributed by atoms with E-state index in [0.29, 0.717) is 0 Å². The van der Waals surface area contributed by atoms with Crippen LogP contribution in [0.15, 0.2) is 48.5 Å². The summed E-state index contributed by atoms with van der Waals surface area (Å²) < 4.78 is 11.5. The first kappa shape index (κ1) is 10.0. The van der Waals surface area contributed by atoms with Crippen molar-refractivity contribution >= 4 is 5.69 Å². The van der Waals surface area contributed by atoms with Crippen LogP contribution >= 0.6 is 0 Å². The second-order valence-corrected chi connectivity index (χ2v) is 3.89. The van der Waals surface area contributed by atoms with Crippen LogP contribution in [-0.4, -0.2) is 7.05 Å². The van der Waals surface area contributed by atoms with Gasteiger partial charge in [-0.3, -0.25) is 0 Å². The number of hydrogen-bond donors (Lipinski definition) is 1. The van der Waals surface area contributed by atoms with Gasteiger partial charge in [0.15, 0.2) is 11.5 Å². The molecular weight excluding hydrogens is 214 g/mol. The number of fused-ring (bicyclic) bond motifs is 1. The van der Waals surface area contributed by atoms with E-state index in [1.54, 1.807) is 0 Å². The third-order valence-corrected chi connectivity index (χ3v) is 2.77. The van der Waals surface area contributed by atoms with E-state index in [9.17, 15) is 0 Å². The van der Waals surface area contributed by atoms with E-state index >= 15 is 0 Å². The molecular formula is C14H13NO2. The average Bonchev–Trinajstić information content (AvgIpc) is 2.82. The Morgan fingerprint density at radius 2 is 1.71 bits per heavy atom. The van der Waals surface area contributed by atoms with E-state index in [0.717, 1.165) is 22.7 Å². The molecule has 1 unspecified atom stereocenters. The number of ether oxygens (including phenoxy) is 2. The Morgan fingerprint density at radius 1 is 0.941 bits per heavy atom. The summed E-state index contributed by atoms with van der Waals surface area (Å²) in [5.41, 5.74) is 2.04. The molecule has 1 atom stereocenters. The van der Waals surface area contributed by atoms with Gasteiger partial charge >= 0.3 is 0 Å². The largest absolute Gasteiger partial charge is 0.447 e. The third kappa shape index (κ3) is 1.80. The maximum atomic E-state index is 5.77. The van der Waals surface area contributed by atoms with Crippen molar-refractivity contribution in [2.24, 2.45) is 0 Å². The molecule has 1 aliphatic rings. The zero-order valence-corrected chi connectivity index (χ0v) is 9.51. The Hall–Kier alpha value is -2.16. The van der Waals surface area contributed by atoms with Crippen LogP contribution in [0.5, 0.6) is 11.5 Å². The molecule has 3 heteroatoms. The Morgan fingerprint density at radius 3 is 2.47 bits per heavy atom. The lowest BCUT2D eigenvalue weighted by atomic mass is 10.2. The van der Waals surface area contributed by atoms with Crippen LogP contribution in [0.25, 0.3) is 0 Å². The smallest absolute Gasteiger partial charge is 0.267 e. The summed E-state index contributed by atoms with van der Waals surface area (Å²) >= 11 is 0. The SMILES string of the molecule is CNc1ccc2c(c1)OC(c1ccccc1)O2. The molecule has 3 rings (SSSR count). The van der Waals surface area contributed by atoms with E-state index in [-0.39, 0.29) is 6.29 Å². The van der Waals surface area contributed by atoms with Gasteiger partial charge in [0.2, 0.25) is 0 Å². The summed E-state index contributed by atoms with van der Waals surface area (Å²) in [4.78, 5) is 0. The Kier molecular flexibility index (Phi) is 2.37. The van der Waals surface area contributed by atoms with Crippen molar-refractivity contribution in [3.05, 3.63) is 54.1 Å². The monoisotopic (exact) mass is 227 g/mol. The molecule has 0 fully saturated rings. The van der Waals surface area contributed by atoms with Gasteiger partial charge in [-0.05, 0) is 12.1 Å². The van der Waals surface area contributed by atoms with Crippen molar-refractivity contribution in [1.29, 1.82) is 0 Å². The van der Waals surface area contributed by atoms with E-state index < -0.39 is 0 Å². The maximum absolute atomic E-state index is 5.77. The predicted octanol–water partition coefficient (Wildman–Crippen LogP) is 3.20. The quantitative estimate of drug-likeness (QED) is 0.854. The molecule has 0 aliphatic carbocycles. The molecule has 0 saturated carbocycles. The van der Waals surface area contributed by atoms with Crippen LogP contribution < -0.4 is 14.8 Å². The van der Waals surface area contributed by atoms with E-state index in [2.05, 4.69) is 5.32 Å². The molecule has 3 nitrogen and oxygen atoms in total. The van der Waals surface area contributed by atoms with Gasteiger partial charge in [0.05, 0.1) is 0 Å². The van der Waals surface area contributed by atoms with Crippen molar-refractivity contribution in [2.45, 2.75) is 6.29 Å². The molecule has 17 heavy (non-hydrogen) atoms. The van der Waals surface area contributed by atoms with Crippen LogP contribution in [0.1, 0.15) is 11.9 Å². The molecule has 1 aliphatic heterocycles. The molecule has 0 saturated heterocycles. The number of rotatable bonds is 2. The number of hydrogen-bond acceptors (Lipinski definition) is 3. The van der Waals surface area contributed by atoms with E-state index in [4.69, 9.17) is 9.47 Å². The Labute approximate surface area is 100.0 Å². The van der Waals surface area contributed by atoms with Crippen molar-refractivity contribution in [3.8, 4) is 11.5 Å². The van der Waals surface area contributed by atoms with Gasteiger partial charge in [0, 0.05) is 24.4 Å². The Balaban J connectivity index is 1.88. The van der Waals surface area contributed by atoms with Crippen molar-refractivity contribution in [2.75, 3.05) is 12.4 Å². The van der Waals surface area contributed by atoms with Crippen molar-refractivity contribution in [1.82, 2.24) is 0 Å². The molecule has 0 aromatic heterocycles. The van der Waals surface area contributed by atoms with Gasteiger partial charge in [-0.15, -0.1) is 0 Å². The highest BCUT2D eigenvalue weighted by molar-refractivity contribution is 5.55. The van der Waals surface area contributed by atoms with Gasteiger partial charge in [-0.25, -0.2) is 0 Å². The highest BCUT2D eigenvalue weighted by atomic mass is 16.7. The first-order valence-electron chi connectivity index (χ1n) is 5.57. The minimum Gasteiger partial charge on any atom is -0.447 e. The molecule has 1 heterocycles. The minimum absolute atomic E-state index is 0.335. The van der Waals surface area contributed by atoms with Gasteiger partial charge < -0.3 is 14.8 Å². The molecule has 0 radical (unpaired) electrons. The van der Waals surface area contributed by atoms with Crippen LogP contribution in [0.3, 0.4) is 0 Å². The van der Waals surface area contributed by atoms with Crippen LogP contribution in [-0.2, 0) is 0 Å². The molecule has 86 valence electrons. The third-order valence-electron chi connectivity index (χ3n) is 2.77. The van der Waals surface area contributed by atoms with Gasteiger partial charge in [-0.1, -0.05) is 30.3 Å². The van der Waals surface area contributed by atoms with Gasteiger partial charge in [0.1, 0.15) is 0 Å². The molecule has 0 bridgehead atoms.